The van der Waals surface area contributed by atoms with E-state index in [1.807, 2.05) is 66.9 Å². The first-order valence-corrected chi connectivity index (χ1v) is 10.9. The second-order valence-corrected chi connectivity index (χ2v) is 8.20. The summed E-state index contributed by atoms with van der Waals surface area (Å²) in [5, 5.41) is 11.1. The van der Waals surface area contributed by atoms with E-state index >= 15 is 0 Å². The van der Waals surface area contributed by atoms with E-state index in [4.69, 9.17) is 9.41 Å². The van der Waals surface area contributed by atoms with E-state index in [-0.39, 0.29) is 5.91 Å². The minimum Gasteiger partial charge on any atom is -0.457 e. The van der Waals surface area contributed by atoms with E-state index in [9.17, 15) is 4.79 Å². The van der Waals surface area contributed by atoms with Crippen LogP contribution in [-0.4, -0.2) is 22.3 Å². The molecular formula is C21H15BrN4O2S. The number of carbonyl (C=O) groups excluding carboxylic acids is 1. The number of furan rings is 1. The number of hydrogen-bond acceptors (Lipinski definition) is 6. The normalized spacial score (nSPS) is 17.8. The molecule has 0 radical (unpaired) electrons. The van der Waals surface area contributed by atoms with Gasteiger partial charge in [-0.2, -0.15) is 0 Å². The summed E-state index contributed by atoms with van der Waals surface area (Å²) in [7, 11) is 0. The second-order valence-electron chi connectivity index (χ2n) is 6.49. The number of halogens is 1. The number of benzene rings is 2. The van der Waals surface area contributed by atoms with Gasteiger partial charge in [0.25, 0.3) is 5.91 Å². The van der Waals surface area contributed by atoms with Gasteiger partial charge in [0.1, 0.15) is 11.5 Å². The first kappa shape index (κ1) is 18.2. The molecule has 0 aliphatic carbocycles. The predicted molar refractivity (Wildman–Crippen MR) is 116 cm³/mol. The minimum atomic E-state index is -0.561. The minimum absolute atomic E-state index is 0.199. The van der Waals surface area contributed by atoms with Crippen LogP contribution in [0.15, 0.2) is 79.6 Å². The van der Waals surface area contributed by atoms with Crippen LogP contribution in [0.25, 0.3) is 17.0 Å². The Hall–Kier alpha value is -2.84. The maximum atomic E-state index is 12.8. The van der Waals surface area contributed by atoms with Gasteiger partial charge in [0.05, 0.1) is 5.36 Å². The van der Waals surface area contributed by atoms with Crippen LogP contribution in [0.5, 0.6) is 0 Å². The smallest absolute Gasteiger partial charge is 0.276 e. The van der Waals surface area contributed by atoms with Crippen molar-refractivity contribution in [2.45, 2.75) is 6.17 Å². The van der Waals surface area contributed by atoms with E-state index in [1.165, 1.54) is 11.8 Å². The van der Waals surface area contributed by atoms with Crippen molar-refractivity contribution in [2.75, 3.05) is 6.26 Å². The van der Waals surface area contributed by atoms with Crippen LogP contribution in [0, 0.1) is 0 Å². The Morgan fingerprint density at radius 2 is 2.00 bits per heavy atom. The predicted octanol–water partition coefficient (Wildman–Crippen LogP) is 3.22. The maximum Gasteiger partial charge on any atom is 0.276 e. The van der Waals surface area contributed by atoms with Gasteiger partial charge < -0.3 is 4.42 Å². The average Bonchev–Trinajstić information content (AvgIpc) is 3.23. The van der Waals surface area contributed by atoms with Crippen LogP contribution in [0.3, 0.4) is 0 Å². The zero-order valence-electron chi connectivity index (χ0n) is 15.3. The van der Waals surface area contributed by atoms with E-state index in [0.29, 0.717) is 16.6 Å². The molecule has 6 nitrogen and oxygen atoms in total. The van der Waals surface area contributed by atoms with Crippen molar-refractivity contribution >= 4 is 44.5 Å². The van der Waals surface area contributed by atoms with Crippen molar-refractivity contribution in [3.8, 4) is 11.3 Å². The quantitative estimate of drug-likeness (QED) is 0.629. The number of hydrogen-bond donors (Lipinski definition) is 1. The van der Waals surface area contributed by atoms with Crippen molar-refractivity contribution in [1.29, 1.82) is 0 Å². The van der Waals surface area contributed by atoms with Gasteiger partial charge in [0, 0.05) is 15.3 Å². The molecule has 1 N–H and O–H groups in total. The third-order valence-corrected chi connectivity index (χ3v) is 5.76. The van der Waals surface area contributed by atoms with Crippen LogP contribution in [0.2, 0.25) is 0 Å². The van der Waals surface area contributed by atoms with Crippen molar-refractivity contribution in [3.63, 3.8) is 0 Å². The molecular weight excluding hydrogens is 452 g/mol. The van der Waals surface area contributed by atoms with Gasteiger partial charge >= 0.3 is 0 Å². The molecule has 2 aliphatic rings. The van der Waals surface area contributed by atoms with Crippen LogP contribution < -0.4 is 15.9 Å². The Morgan fingerprint density at radius 1 is 1.14 bits per heavy atom. The van der Waals surface area contributed by atoms with Gasteiger partial charge in [0.15, 0.2) is 10.9 Å². The zero-order chi connectivity index (χ0) is 20.0. The van der Waals surface area contributed by atoms with E-state index in [1.54, 1.807) is 5.01 Å². The molecule has 3 aromatic rings. The highest BCUT2D eigenvalue weighted by molar-refractivity contribution is 9.10. The van der Waals surface area contributed by atoms with Crippen LogP contribution in [0.4, 0.5) is 0 Å². The fourth-order valence-corrected chi connectivity index (χ4v) is 4.16. The number of hydrazone groups is 1. The van der Waals surface area contributed by atoms with Crippen LogP contribution in [-0.2, 0) is 4.79 Å². The standard InChI is InChI=1S/C21H15BrN4O2S/c1-29-21-24-20(27)18-14-7-2-3-8-15(14)23-19(26(18)25-21)17-10-9-16(28-17)12-5-4-6-13(22)11-12/h2-11,19H,1H3,(H,24,25,27)/t19-/m0/s1. The molecule has 0 saturated carbocycles. The highest BCUT2D eigenvalue weighted by atomic mass is 79.9. The fraction of sp³-hybridized carbons (Fsp3) is 0.0952. The Labute approximate surface area is 179 Å². The molecule has 0 saturated heterocycles. The summed E-state index contributed by atoms with van der Waals surface area (Å²) in [6.07, 6.45) is 1.31. The number of carbonyl (C=O) groups is 1. The summed E-state index contributed by atoms with van der Waals surface area (Å²) >= 11 is 4.86. The molecule has 1 atom stereocenters. The van der Waals surface area contributed by atoms with Crippen molar-refractivity contribution in [3.05, 3.63) is 81.5 Å². The molecule has 3 heterocycles. The zero-order valence-corrected chi connectivity index (χ0v) is 17.7. The molecule has 1 amide bonds. The number of fused-ring (bicyclic) bond motifs is 2. The van der Waals surface area contributed by atoms with E-state index in [2.05, 4.69) is 26.3 Å². The number of nitrogens with zero attached hydrogens (tertiary/aromatic N) is 3. The van der Waals surface area contributed by atoms with Gasteiger partial charge in [-0.05, 0) is 36.6 Å². The number of amides is 1. The monoisotopic (exact) mass is 466 g/mol. The lowest BCUT2D eigenvalue weighted by Gasteiger charge is -2.32. The lowest BCUT2D eigenvalue weighted by molar-refractivity contribution is -0.116. The first-order chi connectivity index (χ1) is 14.1. The fourth-order valence-electron chi connectivity index (χ4n) is 3.39. The van der Waals surface area contributed by atoms with Crippen LogP contribution in [0.1, 0.15) is 11.9 Å². The third kappa shape index (κ3) is 3.18. The van der Waals surface area contributed by atoms with Gasteiger partial charge in [-0.3, -0.25) is 10.1 Å². The number of thioether (sulfide) groups is 1. The van der Waals surface area contributed by atoms with E-state index < -0.39 is 6.17 Å². The molecule has 144 valence electrons. The van der Waals surface area contributed by atoms with Gasteiger partial charge in [0.2, 0.25) is 6.17 Å². The Morgan fingerprint density at radius 3 is 2.83 bits per heavy atom. The third-order valence-electron chi connectivity index (χ3n) is 4.70. The highest BCUT2D eigenvalue weighted by Crippen LogP contribution is 2.34. The molecule has 0 spiro atoms. The maximum absolute atomic E-state index is 12.8. The van der Waals surface area contributed by atoms with Gasteiger partial charge in [-0.15, -0.1) is 5.10 Å². The summed E-state index contributed by atoms with van der Waals surface area (Å²) < 4.78 is 7.13. The number of amidine groups is 1. The number of nitrogens with one attached hydrogen (secondary N) is 1. The molecule has 0 unspecified atom stereocenters. The lowest BCUT2D eigenvalue weighted by Crippen LogP contribution is -2.50. The van der Waals surface area contributed by atoms with Crippen LogP contribution >= 0.6 is 27.7 Å². The number of rotatable bonds is 2. The van der Waals surface area contributed by atoms with Gasteiger partial charge in [-0.25, -0.2) is 10.0 Å². The van der Waals surface area contributed by atoms with Crippen molar-refractivity contribution in [1.82, 2.24) is 10.3 Å². The highest BCUT2D eigenvalue weighted by Gasteiger charge is 2.35. The summed E-state index contributed by atoms with van der Waals surface area (Å²) in [6.45, 7) is 0. The second kappa shape index (κ2) is 7.20. The molecule has 0 bridgehead atoms. The average molecular weight is 467 g/mol. The topological polar surface area (TPSA) is 70.2 Å². The molecule has 1 aromatic heterocycles. The summed E-state index contributed by atoms with van der Waals surface area (Å²) in [5.74, 6) is 1.15. The Kier molecular flexibility index (Phi) is 4.52. The summed E-state index contributed by atoms with van der Waals surface area (Å²) in [5.41, 5.74) is 1.43. The van der Waals surface area contributed by atoms with Gasteiger partial charge in [-0.1, -0.05) is 58.0 Å². The SMILES string of the molecule is CSC1=NN2C(=c3ccccc3=N[C@@H]2c2ccc(-c3cccc(Br)c3)o2)C(=O)N1. The number of para-hydroxylation sites is 1. The van der Waals surface area contributed by atoms with E-state index in [0.717, 1.165) is 26.4 Å². The van der Waals surface area contributed by atoms with Crippen molar-refractivity contribution < 1.29 is 9.21 Å². The van der Waals surface area contributed by atoms with Crippen molar-refractivity contribution in [2.24, 2.45) is 10.1 Å². The molecule has 2 aromatic carbocycles. The molecule has 29 heavy (non-hydrogen) atoms. The summed E-state index contributed by atoms with van der Waals surface area (Å²) in [4.78, 5) is 17.7. The molecule has 8 heteroatoms. The Bertz CT molecular complexity index is 1280. The largest absolute Gasteiger partial charge is 0.457 e. The first-order valence-electron chi connectivity index (χ1n) is 8.90. The molecule has 2 aliphatic heterocycles. The Balaban J connectivity index is 1.66. The summed E-state index contributed by atoms with van der Waals surface area (Å²) in [6, 6.07) is 19.3. The lowest BCUT2D eigenvalue weighted by atomic mass is 10.1. The molecule has 5 rings (SSSR count). The molecule has 0 fully saturated rings.